The Labute approximate surface area is 87.3 Å². The van der Waals surface area contributed by atoms with Gasteiger partial charge in [-0.1, -0.05) is 0 Å². The van der Waals surface area contributed by atoms with E-state index in [1.165, 1.54) is 6.33 Å². The van der Waals surface area contributed by atoms with Crippen LogP contribution in [0.4, 0.5) is 5.82 Å². The molecule has 6 nitrogen and oxygen atoms in total. The molecule has 1 N–H and O–H groups in total. The van der Waals surface area contributed by atoms with E-state index < -0.39 is 0 Å². The van der Waals surface area contributed by atoms with Gasteiger partial charge in [-0.15, -0.1) is 0 Å². The Balaban J connectivity index is 2.26. The van der Waals surface area contributed by atoms with Crippen LogP contribution in [0.3, 0.4) is 0 Å². The minimum atomic E-state index is 0.645. The first-order chi connectivity index (χ1) is 7.33. The van der Waals surface area contributed by atoms with Crippen LogP contribution in [0.2, 0.25) is 0 Å². The maximum atomic E-state index is 4.95. The molecule has 0 atom stereocenters. The lowest BCUT2D eigenvalue weighted by molar-refractivity contribution is 0.210. The number of nitrogens with one attached hydrogen (secondary N) is 1. The van der Waals surface area contributed by atoms with E-state index >= 15 is 0 Å². The Hall–Kier alpha value is -1.69. The van der Waals surface area contributed by atoms with E-state index in [0.29, 0.717) is 6.61 Å². The lowest BCUT2D eigenvalue weighted by Gasteiger charge is -2.04. The number of aryl methyl sites for hydroxylation is 1. The van der Waals surface area contributed by atoms with Crippen molar-refractivity contribution in [2.45, 2.75) is 0 Å². The first kappa shape index (κ1) is 9.85. The number of methoxy groups -OCH3 is 1. The summed E-state index contributed by atoms with van der Waals surface area (Å²) in [6.45, 7) is 1.36. The van der Waals surface area contributed by atoms with E-state index in [-0.39, 0.29) is 0 Å². The zero-order chi connectivity index (χ0) is 10.7. The predicted octanol–water partition coefficient (Wildman–Crippen LogP) is 0.422. The van der Waals surface area contributed by atoms with Gasteiger partial charge in [-0.2, -0.15) is 5.10 Å². The second-order valence-corrected chi connectivity index (χ2v) is 3.15. The van der Waals surface area contributed by atoms with E-state index in [1.54, 1.807) is 18.0 Å². The van der Waals surface area contributed by atoms with Crippen molar-refractivity contribution in [1.82, 2.24) is 19.7 Å². The summed E-state index contributed by atoms with van der Waals surface area (Å²) >= 11 is 0. The van der Waals surface area contributed by atoms with Gasteiger partial charge in [0.25, 0.3) is 0 Å². The molecule has 2 rings (SSSR count). The number of anilines is 1. The van der Waals surface area contributed by atoms with Crippen LogP contribution < -0.4 is 5.32 Å². The maximum absolute atomic E-state index is 4.95. The Bertz CT molecular complexity index is 453. The van der Waals surface area contributed by atoms with Gasteiger partial charge in [-0.05, 0) is 0 Å². The molecule has 15 heavy (non-hydrogen) atoms. The molecule has 0 radical (unpaired) electrons. The largest absolute Gasteiger partial charge is 0.383 e. The summed E-state index contributed by atoms with van der Waals surface area (Å²) in [7, 11) is 3.52. The number of aromatic nitrogens is 4. The van der Waals surface area contributed by atoms with Crippen LogP contribution >= 0.6 is 0 Å². The topological polar surface area (TPSA) is 64.9 Å². The number of ether oxygens (including phenoxy) is 1. The van der Waals surface area contributed by atoms with E-state index in [0.717, 1.165) is 23.4 Å². The Morgan fingerprint density at radius 1 is 1.47 bits per heavy atom. The molecule has 0 aliphatic rings. The molecule has 0 saturated heterocycles. The number of rotatable bonds is 4. The quantitative estimate of drug-likeness (QED) is 0.736. The molecule has 0 spiro atoms. The molecule has 2 aromatic heterocycles. The zero-order valence-corrected chi connectivity index (χ0v) is 8.77. The van der Waals surface area contributed by atoms with Crippen molar-refractivity contribution in [3.63, 3.8) is 0 Å². The predicted molar refractivity (Wildman–Crippen MR) is 56.7 cm³/mol. The molecule has 0 bridgehead atoms. The highest BCUT2D eigenvalue weighted by Crippen LogP contribution is 2.16. The first-order valence-electron chi connectivity index (χ1n) is 4.68. The van der Waals surface area contributed by atoms with Gasteiger partial charge >= 0.3 is 0 Å². The maximum Gasteiger partial charge on any atom is 0.163 e. The third-order valence-electron chi connectivity index (χ3n) is 2.13. The van der Waals surface area contributed by atoms with Crippen molar-refractivity contribution in [3.8, 4) is 0 Å². The second-order valence-electron chi connectivity index (χ2n) is 3.15. The summed E-state index contributed by atoms with van der Waals surface area (Å²) in [5, 5.41) is 8.23. The van der Waals surface area contributed by atoms with Crippen LogP contribution in [0.5, 0.6) is 0 Å². The lowest BCUT2D eigenvalue weighted by atomic mass is 10.4. The van der Waals surface area contributed by atoms with Gasteiger partial charge in [-0.25, -0.2) is 9.97 Å². The normalized spacial score (nSPS) is 10.8. The Kier molecular flexibility index (Phi) is 2.77. The van der Waals surface area contributed by atoms with Crippen LogP contribution in [0.25, 0.3) is 11.0 Å². The molecule has 0 saturated carbocycles. The smallest absolute Gasteiger partial charge is 0.163 e. The average molecular weight is 207 g/mol. The fraction of sp³-hybridized carbons (Fsp3) is 0.444. The summed E-state index contributed by atoms with van der Waals surface area (Å²) in [5.74, 6) is 0.796. The van der Waals surface area contributed by atoms with Crippen LogP contribution in [0.15, 0.2) is 12.5 Å². The number of nitrogens with zero attached hydrogens (tertiary/aromatic N) is 4. The van der Waals surface area contributed by atoms with Gasteiger partial charge in [0.2, 0.25) is 0 Å². The second kappa shape index (κ2) is 4.22. The van der Waals surface area contributed by atoms with Crippen molar-refractivity contribution in [2.75, 3.05) is 25.6 Å². The van der Waals surface area contributed by atoms with E-state index in [4.69, 9.17) is 4.74 Å². The van der Waals surface area contributed by atoms with Crippen LogP contribution in [0.1, 0.15) is 0 Å². The third kappa shape index (κ3) is 1.89. The lowest BCUT2D eigenvalue weighted by Crippen LogP contribution is -2.09. The van der Waals surface area contributed by atoms with Crippen LogP contribution in [-0.4, -0.2) is 40.0 Å². The Morgan fingerprint density at radius 3 is 3.13 bits per heavy atom. The molecule has 0 aromatic carbocycles. The van der Waals surface area contributed by atoms with Crippen molar-refractivity contribution in [3.05, 3.63) is 12.5 Å². The number of fused-ring (bicyclic) bond motifs is 1. The van der Waals surface area contributed by atoms with Crippen LogP contribution in [-0.2, 0) is 11.8 Å². The standard InChI is InChI=1S/C9H13N5O/c1-14-9-7(5-13-14)8(11-6-12-9)10-3-4-15-2/h5-6H,3-4H2,1-2H3,(H,10,11,12). The molecule has 2 aromatic rings. The number of hydrogen-bond acceptors (Lipinski definition) is 5. The van der Waals surface area contributed by atoms with Gasteiger partial charge in [0.05, 0.1) is 18.2 Å². The Morgan fingerprint density at radius 2 is 2.33 bits per heavy atom. The summed E-state index contributed by atoms with van der Waals surface area (Å²) in [5.41, 5.74) is 0.824. The van der Waals surface area contributed by atoms with Crippen molar-refractivity contribution in [1.29, 1.82) is 0 Å². The van der Waals surface area contributed by atoms with Crippen LogP contribution in [0, 0.1) is 0 Å². The highest BCUT2D eigenvalue weighted by Gasteiger charge is 2.06. The summed E-state index contributed by atoms with van der Waals surface area (Å²) in [4.78, 5) is 8.31. The monoisotopic (exact) mass is 207 g/mol. The van der Waals surface area contributed by atoms with Gasteiger partial charge in [0.15, 0.2) is 5.65 Å². The molecule has 2 heterocycles. The van der Waals surface area contributed by atoms with Crippen molar-refractivity contribution in [2.24, 2.45) is 7.05 Å². The third-order valence-corrected chi connectivity index (χ3v) is 2.13. The van der Waals surface area contributed by atoms with Gasteiger partial charge < -0.3 is 10.1 Å². The summed E-state index contributed by atoms with van der Waals surface area (Å²) in [6.07, 6.45) is 3.28. The summed E-state index contributed by atoms with van der Waals surface area (Å²) < 4.78 is 6.67. The van der Waals surface area contributed by atoms with Gasteiger partial charge in [0, 0.05) is 20.7 Å². The van der Waals surface area contributed by atoms with E-state index in [1.807, 2.05) is 7.05 Å². The van der Waals surface area contributed by atoms with Crippen molar-refractivity contribution >= 4 is 16.9 Å². The fourth-order valence-electron chi connectivity index (χ4n) is 1.37. The van der Waals surface area contributed by atoms with Gasteiger partial charge in [0.1, 0.15) is 12.1 Å². The van der Waals surface area contributed by atoms with Crippen molar-refractivity contribution < 1.29 is 4.74 Å². The molecule has 0 unspecified atom stereocenters. The molecule has 6 heteroatoms. The summed E-state index contributed by atoms with van der Waals surface area (Å²) in [6, 6.07) is 0. The molecule has 0 amide bonds. The molecular formula is C9H13N5O. The molecule has 0 fully saturated rings. The molecule has 0 aliphatic carbocycles. The minimum Gasteiger partial charge on any atom is -0.383 e. The molecule has 0 aliphatic heterocycles. The highest BCUT2D eigenvalue weighted by atomic mass is 16.5. The SMILES string of the molecule is COCCNc1ncnc2c1cnn2C. The first-order valence-corrected chi connectivity index (χ1v) is 4.68. The molecular weight excluding hydrogens is 194 g/mol. The zero-order valence-electron chi connectivity index (χ0n) is 8.77. The molecule has 80 valence electrons. The highest BCUT2D eigenvalue weighted by molar-refractivity contribution is 5.85. The minimum absolute atomic E-state index is 0.645. The average Bonchev–Trinajstić information content (AvgIpc) is 2.62. The van der Waals surface area contributed by atoms with E-state index in [9.17, 15) is 0 Å². The fourth-order valence-corrected chi connectivity index (χ4v) is 1.37. The number of hydrogen-bond donors (Lipinski definition) is 1. The van der Waals surface area contributed by atoms with E-state index in [2.05, 4.69) is 20.4 Å². The van der Waals surface area contributed by atoms with Gasteiger partial charge in [-0.3, -0.25) is 4.68 Å².